The highest BCUT2D eigenvalue weighted by Gasteiger charge is 2.09. The Kier molecular flexibility index (Phi) is 6.37. The van der Waals surface area contributed by atoms with Crippen LogP contribution in [0.5, 0.6) is 5.75 Å². The number of benzene rings is 2. The van der Waals surface area contributed by atoms with Gasteiger partial charge in [0.2, 0.25) is 0 Å². The Bertz CT molecular complexity index is 712. The molecule has 0 bridgehead atoms. The number of nitrogens with one attached hydrogen (secondary N) is 1. The monoisotopic (exact) mass is 327 g/mol. The minimum atomic E-state index is -0.450. The molecular formula is C19H21NO4. The molecule has 0 aliphatic carbocycles. The highest BCUT2D eigenvalue weighted by Crippen LogP contribution is 2.13. The van der Waals surface area contributed by atoms with Gasteiger partial charge in [0.05, 0.1) is 13.5 Å². The first-order valence-electron chi connectivity index (χ1n) is 7.68. The number of carbonyl (C=O) groups excluding carboxylic acids is 2. The maximum absolute atomic E-state index is 11.8. The van der Waals surface area contributed by atoms with Crippen LogP contribution in [0.3, 0.4) is 0 Å². The van der Waals surface area contributed by atoms with E-state index in [-0.39, 0.29) is 18.9 Å². The molecule has 0 aliphatic heterocycles. The van der Waals surface area contributed by atoms with Crippen LogP contribution in [0.25, 0.3) is 0 Å². The van der Waals surface area contributed by atoms with Gasteiger partial charge in [-0.05, 0) is 35.7 Å². The van der Waals surface area contributed by atoms with Gasteiger partial charge in [-0.2, -0.15) is 0 Å². The third-order valence-corrected chi connectivity index (χ3v) is 3.58. The lowest BCUT2D eigenvalue weighted by Crippen LogP contribution is -2.28. The maximum atomic E-state index is 11.8. The minimum Gasteiger partial charge on any atom is -0.497 e. The van der Waals surface area contributed by atoms with Crippen LogP contribution < -0.4 is 10.1 Å². The van der Waals surface area contributed by atoms with Crippen molar-refractivity contribution in [3.8, 4) is 5.75 Å². The molecule has 5 nitrogen and oxygen atoms in total. The fraction of sp³-hybridized carbons (Fsp3) is 0.263. The lowest BCUT2D eigenvalue weighted by Gasteiger charge is -2.09. The summed E-state index contributed by atoms with van der Waals surface area (Å²) in [5.41, 5.74) is 2.92. The maximum Gasteiger partial charge on any atom is 0.310 e. The molecule has 0 fully saturated rings. The van der Waals surface area contributed by atoms with Crippen LogP contribution >= 0.6 is 0 Å². The lowest BCUT2D eigenvalue weighted by molar-refractivity contribution is -0.147. The fourth-order valence-corrected chi connectivity index (χ4v) is 2.20. The molecular weight excluding hydrogens is 306 g/mol. The van der Waals surface area contributed by atoms with Gasteiger partial charge in [0.1, 0.15) is 5.75 Å². The van der Waals surface area contributed by atoms with E-state index in [9.17, 15) is 9.59 Å². The molecule has 0 saturated carbocycles. The zero-order chi connectivity index (χ0) is 17.4. The predicted octanol–water partition coefficient (Wildman–Crippen LogP) is 2.41. The summed E-state index contributed by atoms with van der Waals surface area (Å²) in [4.78, 5) is 23.6. The molecule has 2 rings (SSSR count). The molecule has 1 amide bonds. The van der Waals surface area contributed by atoms with E-state index >= 15 is 0 Å². The molecule has 5 heteroatoms. The number of esters is 1. The number of hydrogen-bond donors (Lipinski definition) is 1. The largest absolute Gasteiger partial charge is 0.497 e. The van der Waals surface area contributed by atoms with Crippen molar-refractivity contribution in [2.24, 2.45) is 0 Å². The number of methoxy groups -OCH3 is 1. The van der Waals surface area contributed by atoms with Gasteiger partial charge in [-0.1, -0.05) is 36.4 Å². The summed E-state index contributed by atoms with van der Waals surface area (Å²) in [5.74, 6) is -0.0946. The number of rotatable bonds is 7. The second-order valence-electron chi connectivity index (χ2n) is 5.39. The molecule has 0 unspecified atom stereocenters. The molecule has 0 heterocycles. The van der Waals surface area contributed by atoms with E-state index in [4.69, 9.17) is 9.47 Å². The highest BCUT2D eigenvalue weighted by molar-refractivity contribution is 5.81. The van der Waals surface area contributed by atoms with E-state index in [2.05, 4.69) is 5.32 Å². The lowest BCUT2D eigenvalue weighted by atomic mass is 10.1. The van der Waals surface area contributed by atoms with Gasteiger partial charge >= 0.3 is 5.97 Å². The average molecular weight is 327 g/mol. The first kappa shape index (κ1) is 17.5. The van der Waals surface area contributed by atoms with Gasteiger partial charge < -0.3 is 14.8 Å². The standard InChI is InChI=1S/C19H21NO4/c1-14-6-3-4-8-16(14)12-20-18(21)13-24-19(22)11-15-7-5-9-17(10-15)23-2/h3-10H,11-13H2,1-2H3,(H,20,21). The number of aryl methyl sites for hydroxylation is 1. The van der Waals surface area contributed by atoms with Crippen molar-refractivity contribution in [3.63, 3.8) is 0 Å². The molecule has 0 radical (unpaired) electrons. The Balaban J connectivity index is 1.75. The Hall–Kier alpha value is -2.82. The molecule has 0 saturated heterocycles. The zero-order valence-corrected chi connectivity index (χ0v) is 13.9. The molecule has 0 atom stereocenters. The van der Waals surface area contributed by atoms with Gasteiger partial charge in [-0.15, -0.1) is 0 Å². The van der Waals surface area contributed by atoms with Gasteiger partial charge in [0.15, 0.2) is 6.61 Å². The predicted molar refractivity (Wildman–Crippen MR) is 90.7 cm³/mol. The summed E-state index contributed by atoms with van der Waals surface area (Å²) in [6, 6.07) is 15.0. The molecule has 0 spiro atoms. The van der Waals surface area contributed by atoms with Crippen molar-refractivity contribution in [2.75, 3.05) is 13.7 Å². The normalized spacial score (nSPS) is 10.1. The van der Waals surface area contributed by atoms with E-state index in [0.717, 1.165) is 16.7 Å². The van der Waals surface area contributed by atoms with Gasteiger partial charge in [-0.25, -0.2) is 0 Å². The van der Waals surface area contributed by atoms with Crippen molar-refractivity contribution in [3.05, 3.63) is 65.2 Å². The average Bonchev–Trinajstić information content (AvgIpc) is 2.59. The van der Waals surface area contributed by atoms with Crippen molar-refractivity contribution in [1.82, 2.24) is 5.32 Å². The molecule has 24 heavy (non-hydrogen) atoms. The van der Waals surface area contributed by atoms with Crippen LogP contribution in [-0.2, 0) is 27.3 Å². The van der Waals surface area contributed by atoms with Crippen LogP contribution in [0.4, 0.5) is 0 Å². The summed E-state index contributed by atoms with van der Waals surface area (Å²) >= 11 is 0. The second-order valence-corrected chi connectivity index (χ2v) is 5.39. The van der Waals surface area contributed by atoms with Crippen LogP contribution in [0.2, 0.25) is 0 Å². The second kappa shape index (κ2) is 8.72. The Morgan fingerprint density at radius 3 is 2.62 bits per heavy atom. The van der Waals surface area contributed by atoms with Gasteiger partial charge in [0, 0.05) is 6.54 Å². The summed E-state index contributed by atoms with van der Waals surface area (Å²) in [6.07, 6.45) is 0.0995. The summed E-state index contributed by atoms with van der Waals surface area (Å²) in [7, 11) is 1.57. The van der Waals surface area contributed by atoms with E-state index in [1.54, 1.807) is 25.3 Å². The van der Waals surface area contributed by atoms with Crippen molar-refractivity contribution in [2.45, 2.75) is 19.9 Å². The molecule has 0 aromatic heterocycles. The fourth-order valence-electron chi connectivity index (χ4n) is 2.20. The number of carbonyl (C=O) groups is 2. The third-order valence-electron chi connectivity index (χ3n) is 3.58. The Labute approximate surface area is 141 Å². The highest BCUT2D eigenvalue weighted by atomic mass is 16.5. The minimum absolute atomic E-state index is 0.0995. The Morgan fingerprint density at radius 1 is 1.08 bits per heavy atom. The first-order valence-corrected chi connectivity index (χ1v) is 7.68. The topological polar surface area (TPSA) is 64.6 Å². The SMILES string of the molecule is COc1cccc(CC(=O)OCC(=O)NCc2ccccc2C)c1. The van der Waals surface area contributed by atoms with Crippen LogP contribution in [0.15, 0.2) is 48.5 Å². The van der Waals surface area contributed by atoms with Crippen LogP contribution in [0.1, 0.15) is 16.7 Å². The smallest absolute Gasteiger partial charge is 0.310 e. The van der Waals surface area contributed by atoms with E-state index in [1.807, 2.05) is 37.3 Å². The van der Waals surface area contributed by atoms with Gasteiger partial charge in [-0.3, -0.25) is 9.59 Å². The van der Waals surface area contributed by atoms with E-state index in [1.165, 1.54) is 0 Å². The van der Waals surface area contributed by atoms with Crippen molar-refractivity contribution >= 4 is 11.9 Å². The molecule has 2 aromatic rings. The van der Waals surface area contributed by atoms with Crippen molar-refractivity contribution in [1.29, 1.82) is 0 Å². The zero-order valence-electron chi connectivity index (χ0n) is 13.9. The molecule has 126 valence electrons. The molecule has 1 N–H and O–H groups in total. The summed E-state index contributed by atoms with van der Waals surface area (Å²) in [6.45, 7) is 2.11. The number of hydrogen-bond acceptors (Lipinski definition) is 4. The first-order chi connectivity index (χ1) is 11.6. The summed E-state index contributed by atoms with van der Waals surface area (Å²) in [5, 5.41) is 2.74. The van der Waals surface area contributed by atoms with Crippen LogP contribution in [0, 0.1) is 6.92 Å². The van der Waals surface area contributed by atoms with E-state index < -0.39 is 5.97 Å². The third kappa shape index (κ3) is 5.43. The van der Waals surface area contributed by atoms with E-state index in [0.29, 0.717) is 12.3 Å². The molecule has 0 aliphatic rings. The number of ether oxygens (including phenoxy) is 2. The number of amides is 1. The van der Waals surface area contributed by atoms with Crippen molar-refractivity contribution < 1.29 is 19.1 Å². The Morgan fingerprint density at radius 2 is 1.88 bits per heavy atom. The van der Waals surface area contributed by atoms with Gasteiger partial charge in [0.25, 0.3) is 5.91 Å². The quantitative estimate of drug-likeness (QED) is 0.793. The summed E-state index contributed by atoms with van der Waals surface area (Å²) < 4.78 is 10.1. The molecule has 2 aromatic carbocycles. The van der Waals surface area contributed by atoms with Crippen LogP contribution in [-0.4, -0.2) is 25.6 Å².